The Labute approximate surface area is 164 Å². The molecule has 1 saturated heterocycles. The minimum Gasteiger partial charge on any atom is -0.494 e. The first-order valence-electron chi connectivity index (χ1n) is 9.89. The number of nitrogens with zero attached hydrogens (tertiary/aromatic N) is 1. The zero-order chi connectivity index (χ0) is 19.5. The second-order valence-corrected chi connectivity index (χ2v) is 7.13. The number of rotatable bonds is 7. The molecule has 3 aromatic rings. The molecule has 148 valence electrons. The van der Waals surface area contributed by atoms with Crippen molar-refractivity contribution >= 4 is 16.9 Å². The quantitative estimate of drug-likeness (QED) is 0.660. The number of furan rings is 2. The zero-order valence-electron chi connectivity index (χ0n) is 16.4. The molecule has 3 heterocycles. The highest BCUT2D eigenvalue weighted by atomic mass is 16.5. The number of likely N-dealkylation sites (tertiary alicyclic amines) is 1. The highest BCUT2D eigenvalue weighted by Crippen LogP contribution is 2.29. The first-order valence-corrected chi connectivity index (χ1v) is 9.89. The van der Waals surface area contributed by atoms with Gasteiger partial charge in [-0.25, -0.2) is 0 Å². The Kier molecular flexibility index (Phi) is 5.39. The third kappa shape index (κ3) is 3.64. The number of carbonyl (C=O) groups is 1. The molecule has 1 aliphatic rings. The Morgan fingerprint density at radius 1 is 1.29 bits per heavy atom. The van der Waals surface area contributed by atoms with Crippen LogP contribution < -0.4 is 10.1 Å². The molecule has 1 N–H and O–H groups in total. The van der Waals surface area contributed by atoms with E-state index in [1.807, 2.05) is 44.2 Å². The molecule has 0 aliphatic carbocycles. The number of hydrogen-bond acceptors (Lipinski definition) is 5. The van der Waals surface area contributed by atoms with Crippen LogP contribution in [0.2, 0.25) is 0 Å². The van der Waals surface area contributed by atoms with Gasteiger partial charge in [0.2, 0.25) is 0 Å². The molecule has 6 heteroatoms. The summed E-state index contributed by atoms with van der Waals surface area (Å²) >= 11 is 0. The Morgan fingerprint density at radius 3 is 2.82 bits per heavy atom. The minimum absolute atomic E-state index is 0.0377. The lowest BCUT2D eigenvalue weighted by Gasteiger charge is -2.25. The molecule has 6 nitrogen and oxygen atoms in total. The maximum Gasteiger partial charge on any atom is 0.287 e. The third-order valence-corrected chi connectivity index (χ3v) is 5.33. The number of ether oxygens (including phenoxy) is 1. The van der Waals surface area contributed by atoms with Crippen LogP contribution in [0.15, 0.2) is 45.4 Å². The van der Waals surface area contributed by atoms with E-state index in [1.54, 1.807) is 6.26 Å². The molecule has 1 aliphatic heterocycles. The summed E-state index contributed by atoms with van der Waals surface area (Å²) in [5.74, 6) is 1.80. The summed E-state index contributed by atoms with van der Waals surface area (Å²) in [6.07, 6.45) is 4.03. The summed E-state index contributed by atoms with van der Waals surface area (Å²) in [6, 6.07) is 9.52. The molecule has 0 spiro atoms. The first-order chi connectivity index (χ1) is 13.7. The fraction of sp³-hybridized carbons (Fsp3) is 0.409. The molecule has 2 aromatic heterocycles. The second-order valence-electron chi connectivity index (χ2n) is 7.13. The van der Waals surface area contributed by atoms with Gasteiger partial charge in [-0.3, -0.25) is 9.69 Å². The fourth-order valence-electron chi connectivity index (χ4n) is 3.89. The lowest BCUT2D eigenvalue weighted by Crippen LogP contribution is -2.36. The summed E-state index contributed by atoms with van der Waals surface area (Å²) < 4.78 is 17.0. The van der Waals surface area contributed by atoms with Gasteiger partial charge in [0.15, 0.2) is 5.76 Å². The van der Waals surface area contributed by atoms with Gasteiger partial charge < -0.3 is 18.9 Å². The summed E-state index contributed by atoms with van der Waals surface area (Å²) in [7, 11) is 0. The van der Waals surface area contributed by atoms with Gasteiger partial charge in [0.1, 0.15) is 17.1 Å². The van der Waals surface area contributed by atoms with E-state index in [4.69, 9.17) is 13.6 Å². The number of nitrogens with one attached hydrogen (secondary N) is 1. The third-order valence-electron chi connectivity index (χ3n) is 5.33. The smallest absolute Gasteiger partial charge is 0.287 e. The zero-order valence-corrected chi connectivity index (χ0v) is 16.4. The first kappa shape index (κ1) is 18.6. The lowest BCUT2D eigenvalue weighted by atomic mass is 10.1. The second kappa shape index (κ2) is 8.10. The van der Waals surface area contributed by atoms with Gasteiger partial charge in [0, 0.05) is 17.5 Å². The van der Waals surface area contributed by atoms with Gasteiger partial charge in [0.25, 0.3) is 5.91 Å². The van der Waals surface area contributed by atoms with Crippen LogP contribution in [0.1, 0.15) is 47.7 Å². The Hall–Kier alpha value is -2.73. The van der Waals surface area contributed by atoms with E-state index in [0.29, 0.717) is 24.5 Å². The summed E-state index contributed by atoms with van der Waals surface area (Å²) in [4.78, 5) is 15.2. The number of fused-ring (bicyclic) bond motifs is 1. The van der Waals surface area contributed by atoms with Gasteiger partial charge in [-0.1, -0.05) is 0 Å². The van der Waals surface area contributed by atoms with E-state index in [-0.39, 0.29) is 11.9 Å². The van der Waals surface area contributed by atoms with Crippen LogP contribution in [-0.2, 0) is 0 Å². The summed E-state index contributed by atoms with van der Waals surface area (Å²) in [5, 5.41) is 3.94. The monoisotopic (exact) mass is 382 g/mol. The fourth-order valence-corrected chi connectivity index (χ4v) is 3.89. The lowest BCUT2D eigenvalue weighted by molar-refractivity contribution is 0.0907. The van der Waals surface area contributed by atoms with Crippen molar-refractivity contribution < 1.29 is 18.4 Å². The van der Waals surface area contributed by atoms with Crippen molar-refractivity contribution in [2.75, 3.05) is 26.2 Å². The van der Waals surface area contributed by atoms with Crippen LogP contribution in [0.25, 0.3) is 11.0 Å². The van der Waals surface area contributed by atoms with E-state index in [0.717, 1.165) is 35.5 Å². The van der Waals surface area contributed by atoms with Gasteiger partial charge in [-0.15, -0.1) is 0 Å². The standard InChI is InChI=1S/C22H26N2O4/c1-3-26-16-8-9-19-17(13-16)15(2)21(28-19)22(25)23-14-18(20-7-6-12-27-20)24-10-4-5-11-24/h6-9,12-13,18H,3-5,10-11,14H2,1-2H3,(H,23,25)/t18-/m0/s1. The molecule has 28 heavy (non-hydrogen) atoms. The number of benzene rings is 1. The maximum absolute atomic E-state index is 12.8. The number of hydrogen-bond donors (Lipinski definition) is 1. The highest BCUT2D eigenvalue weighted by Gasteiger charge is 2.27. The molecule has 0 saturated carbocycles. The normalized spacial score (nSPS) is 15.8. The average molecular weight is 382 g/mol. The highest BCUT2D eigenvalue weighted by molar-refractivity contribution is 5.99. The number of aryl methyl sites for hydroxylation is 1. The molecular formula is C22H26N2O4. The van der Waals surface area contributed by atoms with Crippen molar-refractivity contribution in [2.24, 2.45) is 0 Å². The van der Waals surface area contributed by atoms with Crippen molar-refractivity contribution in [3.8, 4) is 5.75 Å². The SMILES string of the molecule is CCOc1ccc2oc(C(=O)NC[C@@H](c3ccco3)N3CCCC3)c(C)c2c1. The van der Waals surface area contributed by atoms with Crippen molar-refractivity contribution in [1.82, 2.24) is 10.2 Å². The molecule has 0 bridgehead atoms. The van der Waals surface area contributed by atoms with E-state index in [2.05, 4.69) is 10.2 Å². The Bertz CT molecular complexity index is 939. The molecule has 1 amide bonds. The molecule has 1 fully saturated rings. The van der Waals surface area contributed by atoms with E-state index < -0.39 is 0 Å². The van der Waals surface area contributed by atoms with Crippen LogP contribution >= 0.6 is 0 Å². The molecule has 1 aromatic carbocycles. The van der Waals surface area contributed by atoms with Crippen molar-refractivity contribution in [3.05, 3.63) is 53.7 Å². The van der Waals surface area contributed by atoms with Crippen LogP contribution in [0, 0.1) is 6.92 Å². The molecule has 4 rings (SSSR count). The van der Waals surface area contributed by atoms with Crippen molar-refractivity contribution in [2.45, 2.75) is 32.7 Å². The predicted octanol–water partition coefficient (Wildman–Crippen LogP) is 4.30. The average Bonchev–Trinajstić information content (AvgIpc) is 3.45. The van der Waals surface area contributed by atoms with Gasteiger partial charge in [0.05, 0.1) is 18.9 Å². The topological polar surface area (TPSA) is 67.8 Å². The summed E-state index contributed by atoms with van der Waals surface area (Å²) in [6.45, 7) is 6.96. The van der Waals surface area contributed by atoms with Crippen LogP contribution in [0.5, 0.6) is 5.75 Å². The van der Waals surface area contributed by atoms with E-state index >= 15 is 0 Å². The Morgan fingerprint density at radius 2 is 2.11 bits per heavy atom. The van der Waals surface area contributed by atoms with Crippen molar-refractivity contribution in [3.63, 3.8) is 0 Å². The molecule has 0 unspecified atom stereocenters. The molecular weight excluding hydrogens is 356 g/mol. The Balaban J connectivity index is 1.51. The maximum atomic E-state index is 12.8. The molecule has 1 atom stereocenters. The molecule has 0 radical (unpaired) electrons. The van der Waals surface area contributed by atoms with Gasteiger partial charge in [-0.2, -0.15) is 0 Å². The van der Waals surface area contributed by atoms with E-state index in [1.165, 1.54) is 12.8 Å². The van der Waals surface area contributed by atoms with E-state index in [9.17, 15) is 4.79 Å². The van der Waals surface area contributed by atoms with Crippen LogP contribution in [0.4, 0.5) is 0 Å². The predicted molar refractivity (Wildman–Crippen MR) is 107 cm³/mol. The van der Waals surface area contributed by atoms with Gasteiger partial charge in [-0.05, 0) is 70.1 Å². The summed E-state index contributed by atoms with van der Waals surface area (Å²) in [5.41, 5.74) is 1.51. The van der Waals surface area contributed by atoms with Crippen molar-refractivity contribution in [1.29, 1.82) is 0 Å². The van der Waals surface area contributed by atoms with Crippen LogP contribution in [0.3, 0.4) is 0 Å². The number of carbonyl (C=O) groups excluding carboxylic acids is 1. The largest absolute Gasteiger partial charge is 0.494 e. The van der Waals surface area contributed by atoms with Crippen LogP contribution in [-0.4, -0.2) is 37.0 Å². The number of amides is 1. The van der Waals surface area contributed by atoms with Gasteiger partial charge >= 0.3 is 0 Å². The minimum atomic E-state index is -0.206.